The fourth-order valence-electron chi connectivity index (χ4n) is 3.80. The fraction of sp³-hybridized carbons (Fsp3) is 0.529. The van der Waals surface area contributed by atoms with Crippen LogP contribution in [0.2, 0.25) is 0 Å². The lowest BCUT2D eigenvalue weighted by Crippen LogP contribution is -2.50. The molecule has 24 heavy (non-hydrogen) atoms. The van der Waals surface area contributed by atoms with Gasteiger partial charge >= 0.3 is 0 Å². The van der Waals surface area contributed by atoms with Crippen LogP contribution >= 0.6 is 0 Å². The number of rotatable bonds is 2. The van der Waals surface area contributed by atoms with Crippen molar-refractivity contribution < 1.29 is 14.2 Å². The zero-order valence-corrected chi connectivity index (χ0v) is 14.3. The number of nitrogens with two attached hydrogens (primary N) is 1. The van der Waals surface area contributed by atoms with Gasteiger partial charge in [0, 0.05) is 6.20 Å². The number of nitrogens with zero attached hydrogens (tertiary/aromatic N) is 3. The average Bonchev–Trinajstić information content (AvgIpc) is 3.10. The molecule has 2 fully saturated rings. The predicted molar refractivity (Wildman–Crippen MR) is 89.1 cm³/mol. The van der Waals surface area contributed by atoms with E-state index in [1.165, 1.54) is 6.33 Å². The van der Waals surface area contributed by atoms with E-state index in [0.717, 1.165) is 5.39 Å². The molecule has 4 heterocycles. The molecule has 1 unspecified atom stereocenters. The lowest BCUT2D eigenvalue weighted by Gasteiger charge is -2.35. The quantitative estimate of drug-likeness (QED) is 0.851. The van der Waals surface area contributed by atoms with Gasteiger partial charge in [0.25, 0.3) is 0 Å². The number of anilines is 1. The number of aromatic nitrogens is 3. The molecule has 7 nitrogen and oxygen atoms in total. The average molecular weight is 330 g/mol. The van der Waals surface area contributed by atoms with Crippen molar-refractivity contribution in [2.75, 3.05) is 5.73 Å². The van der Waals surface area contributed by atoms with Crippen molar-refractivity contribution in [1.29, 1.82) is 0 Å². The van der Waals surface area contributed by atoms with Gasteiger partial charge in [0.15, 0.2) is 12.0 Å². The third-order valence-electron chi connectivity index (χ3n) is 5.23. The Morgan fingerprint density at radius 2 is 2.00 bits per heavy atom. The van der Waals surface area contributed by atoms with Crippen molar-refractivity contribution in [3.05, 3.63) is 31.2 Å². The largest absolute Gasteiger partial charge is 0.383 e. The van der Waals surface area contributed by atoms with Crippen LogP contribution in [0, 0.1) is 0 Å². The molecule has 0 aromatic carbocycles. The summed E-state index contributed by atoms with van der Waals surface area (Å²) in [4.78, 5) is 8.40. The maximum Gasteiger partial charge on any atom is 0.165 e. The molecule has 2 aliphatic rings. The van der Waals surface area contributed by atoms with E-state index in [9.17, 15) is 0 Å². The van der Waals surface area contributed by atoms with E-state index in [2.05, 4.69) is 16.5 Å². The smallest absolute Gasteiger partial charge is 0.165 e. The molecule has 0 radical (unpaired) electrons. The second-order valence-corrected chi connectivity index (χ2v) is 7.19. The highest BCUT2D eigenvalue weighted by Gasteiger charge is 2.68. The molecule has 4 rings (SSSR count). The minimum atomic E-state index is -0.706. The molecule has 2 aromatic rings. The van der Waals surface area contributed by atoms with E-state index < -0.39 is 23.2 Å². The molecular weight excluding hydrogens is 308 g/mol. The van der Waals surface area contributed by atoms with Gasteiger partial charge in [-0.25, -0.2) is 9.97 Å². The van der Waals surface area contributed by atoms with Crippen LogP contribution in [0.4, 0.5) is 5.82 Å². The molecule has 2 saturated heterocycles. The molecule has 2 N–H and O–H groups in total. The second-order valence-electron chi connectivity index (χ2n) is 7.19. The SMILES string of the molecule is C=CC1(C)O[C@@H](n2ccc3c(N)ncnc32)[C@@H]2OC(C)(C)O[C@@]21C. The van der Waals surface area contributed by atoms with E-state index >= 15 is 0 Å². The van der Waals surface area contributed by atoms with Crippen molar-refractivity contribution in [2.24, 2.45) is 0 Å². The second kappa shape index (κ2) is 4.56. The van der Waals surface area contributed by atoms with Gasteiger partial charge < -0.3 is 24.5 Å². The summed E-state index contributed by atoms with van der Waals surface area (Å²) >= 11 is 0. The van der Waals surface area contributed by atoms with E-state index in [1.807, 2.05) is 44.5 Å². The summed E-state index contributed by atoms with van der Waals surface area (Å²) < 4.78 is 20.7. The van der Waals surface area contributed by atoms with Crippen LogP contribution in [0.1, 0.15) is 33.9 Å². The Hall–Kier alpha value is -1.96. The first-order valence-electron chi connectivity index (χ1n) is 7.97. The molecule has 0 aliphatic carbocycles. The van der Waals surface area contributed by atoms with Crippen LogP contribution in [0.3, 0.4) is 0 Å². The summed E-state index contributed by atoms with van der Waals surface area (Å²) in [7, 11) is 0. The maximum atomic E-state index is 6.35. The molecule has 0 spiro atoms. The zero-order valence-electron chi connectivity index (χ0n) is 14.3. The minimum absolute atomic E-state index is 0.317. The van der Waals surface area contributed by atoms with E-state index in [4.69, 9.17) is 19.9 Å². The van der Waals surface area contributed by atoms with Crippen molar-refractivity contribution >= 4 is 16.9 Å². The fourth-order valence-corrected chi connectivity index (χ4v) is 3.80. The lowest BCUT2D eigenvalue weighted by molar-refractivity contribution is -0.223. The van der Waals surface area contributed by atoms with Gasteiger partial charge in [-0.2, -0.15) is 0 Å². The summed E-state index contributed by atoms with van der Waals surface area (Å²) in [5, 5.41) is 0.785. The number of hydrogen-bond donors (Lipinski definition) is 1. The zero-order chi connectivity index (χ0) is 17.3. The Bertz CT molecular complexity index is 832. The standard InChI is InChI=1S/C17H22N4O3/c1-6-16(4)17(5)11(22-15(2,3)24-17)14(23-16)21-8-7-10-12(18)19-9-20-13(10)21/h6-9,11,14H,1H2,2-5H3,(H2,18,19,20)/t11-,14+,16?,17-/m0/s1. The first kappa shape index (κ1) is 15.6. The summed E-state index contributed by atoms with van der Waals surface area (Å²) in [5.74, 6) is -0.266. The maximum absolute atomic E-state index is 6.35. The van der Waals surface area contributed by atoms with Crippen molar-refractivity contribution in [3.8, 4) is 0 Å². The molecular formula is C17H22N4O3. The monoisotopic (exact) mass is 330 g/mol. The van der Waals surface area contributed by atoms with Crippen molar-refractivity contribution in [2.45, 2.75) is 57.0 Å². The van der Waals surface area contributed by atoms with Gasteiger partial charge in [-0.15, -0.1) is 6.58 Å². The first-order chi connectivity index (χ1) is 11.2. The lowest BCUT2D eigenvalue weighted by atomic mass is 9.83. The molecule has 2 aromatic heterocycles. The Morgan fingerprint density at radius 3 is 2.71 bits per heavy atom. The van der Waals surface area contributed by atoms with Crippen LogP contribution in [0.15, 0.2) is 31.2 Å². The van der Waals surface area contributed by atoms with Crippen LogP contribution in [0.5, 0.6) is 0 Å². The van der Waals surface area contributed by atoms with Gasteiger partial charge in [0.2, 0.25) is 0 Å². The molecule has 0 amide bonds. The molecule has 0 saturated carbocycles. The Morgan fingerprint density at radius 1 is 1.25 bits per heavy atom. The van der Waals surface area contributed by atoms with E-state index in [1.54, 1.807) is 6.08 Å². The molecule has 2 aliphatic heterocycles. The van der Waals surface area contributed by atoms with Crippen LogP contribution in [0.25, 0.3) is 11.0 Å². The highest BCUT2D eigenvalue weighted by Crippen LogP contribution is 2.55. The number of fused-ring (bicyclic) bond motifs is 2. The van der Waals surface area contributed by atoms with Crippen LogP contribution in [-0.2, 0) is 14.2 Å². The van der Waals surface area contributed by atoms with Gasteiger partial charge in [0.1, 0.15) is 35.1 Å². The topological polar surface area (TPSA) is 84.4 Å². The minimum Gasteiger partial charge on any atom is -0.383 e. The highest BCUT2D eigenvalue weighted by atomic mass is 16.8. The predicted octanol–water partition coefficient (Wildman–Crippen LogP) is 2.40. The molecule has 7 heteroatoms. The normalized spacial score (nSPS) is 37.7. The summed E-state index contributed by atoms with van der Waals surface area (Å²) in [6.07, 6.45) is 4.39. The van der Waals surface area contributed by atoms with Crippen molar-refractivity contribution in [1.82, 2.24) is 14.5 Å². The van der Waals surface area contributed by atoms with Crippen LogP contribution < -0.4 is 5.73 Å². The highest BCUT2D eigenvalue weighted by molar-refractivity contribution is 5.86. The van der Waals surface area contributed by atoms with Gasteiger partial charge in [-0.05, 0) is 33.8 Å². The van der Waals surface area contributed by atoms with Gasteiger partial charge in [-0.1, -0.05) is 6.08 Å². The van der Waals surface area contributed by atoms with Gasteiger partial charge in [-0.3, -0.25) is 0 Å². The van der Waals surface area contributed by atoms with E-state index in [0.29, 0.717) is 11.5 Å². The van der Waals surface area contributed by atoms with E-state index in [-0.39, 0.29) is 6.10 Å². The third kappa shape index (κ3) is 1.83. The Kier molecular flexibility index (Phi) is 2.96. The number of hydrogen-bond acceptors (Lipinski definition) is 6. The summed E-state index contributed by atoms with van der Waals surface area (Å²) in [5.41, 5.74) is 5.28. The molecule has 4 atom stereocenters. The van der Waals surface area contributed by atoms with Gasteiger partial charge in [0.05, 0.1) is 5.39 Å². The first-order valence-corrected chi connectivity index (χ1v) is 7.97. The summed E-state index contributed by atoms with van der Waals surface area (Å²) in [6.45, 7) is 11.7. The van der Waals surface area contributed by atoms with Crippen molar-refractivity contribution in [3.63, 3.8) is 0 Å². The third-order valence-corrected chi connectivity index (χ3v) is 5.23. The Balaban J connectivity index is 1.87. The molecule has 128 valence electrons. The number of nitrogen functional groups attached to an aromatic ring is 1. The Labute approximate surface area is 140 Å². The van der Waals surface area contributed by atoms with Crippen LogP contribution in [-0.4, -0.2) is 37.6 Å². The summed E-state index contributed by atoms with van der Waals surface area (Å²) in [6, 6.07) is 1.88. The molecule has 0 bridgehead atoms. The number of ether oxygens (including phenoxy) is 3.